The lowest BCUT2D eigenvalue weighted by Crippen LogP contribution is -2.36. The molecule has 0 aliphatic heterocycles. The van der Waals surface area contributed by atoms with Gasteiger partial charge in [-0.05, 0) is 36.7 Å². The molecule has 1 aromatic rings. The Labute approximate surface area is 122 Å². The van der Waals surface area contributed by atoms with Gasteiger partial charge in [-0.1, -0.05) is 39.8 Å². The normalized spacial score (nSPS) is 10.9. The van der Waals surface area contributed by atoms with Gasteiger partial charge >= 0.3 is 6.03 Å². The molecule has 1 aromatic carbocycles. The molecule has 0 aliphatic carbocycles. The van der Waals surface area contributed by atoms with Gasteiger partial charge in [0.15, 0.2) is 0 Å². The Hall–Kier alpha value is -1.55. The molecule has 0 aromatic heterocycles. The zero-order valence-electron chi connectivity index (χ0n) is 13.1. The smallest absolute Gasteiger partial charge is 0.319 e. The predicted molar refractivity (Wildman–Crippen MR) is 85.3 cm³/mol. The number of urea groups is 1. The molecule has 20 heavy (non-hydrogen) atoms. The minimum atomic E-state index is -0.141. The molecular formula is C16H27N3O. The summed E-state index contributed by atoms with van der Waals surface area (Å²) in [4.78, 5) is 14.1. The zero-order valence-corrected chi connectivity index (χ0v) is 13.1. The first-order chi connectivity index (χ1) is 9.56. The highest BCUT2D eigenvalue weighted by Gasteiger charge is 2.05. The van der Waals surface area contributed by atoms with E-state index in [1.54, 1.807) is 0 Å². The maximum absolute atomic E-state index is 11.8. The summed E-state index contributed by atoms with van der Waals surface area (Å²) >= 11 is 0. The largest absolute Gasteiger partial charge is 0.337 e. The lowest BCUT2D eigenvalue weighted by atomic mass is 10.0. The van der Waals surface area contributed by atoms with E-state index in [9.17, 15) is 4.79 Å². The number of nitrogens with one attached hydrogen (secondary N) is 2. The molecule has 2 N–H and O–H groups in total. The molecule has 112 valence electrons. The summed E-state index contributed by atoms with van der Waals surface area (Å²) < 4.78 is 0. The van der Waals surface area contributed by atoms with Crippen LogP contribution in [0.5, 0.6) is 0 Å². The van der Waals surface area contributed by atoms with Crippen LogP contribution in [0.15, 0.2) is 24.3 Å². The Morgan fingerprint density at radius 3 is 2.55 bits per heavy atom. The second-order valence-corrected chi connectivity index (χ2v) is 5.19. The second-order valence-electron chi connectivity index (χ2n) is 5.19. The monoisotopic (exact) mass is 277 g/mol. The topological polar surface area (TPSA) is 44.4 Å². The maximum Gasteiger partial charge on any atom is 0.319 e. The molecule has 0 aliphatic rings. The minimum Gasteiger partial charge on any atom is -0.337 e. The van der Waals surface area contributed by atoms with Gasteiger partial charge in [-0.15, -0.1) is 0 Å². The number of rotatable bonds is 7. The lowest BCUT2D eigenvalue weighted by molar-refractivity contribution is 0.248. The fourth-order valence-corrected chi connectivity index (χ4v) is 2.02. The van der Waals surface area contributed by atoms with Crippen molar-refractivity contribution in [3.05, 3.63) is 29.8 Å². The van der Waals surface area contributed by atoms with Crippen molar-refractivity contribution in [1.29, 1.82) is 0 Å². The van der Waals surface area contributed by atoms with Crippen LogP contribution in [-0.4, -0.2) is 37.1 Å². The first-order valence-electron chi connectivity index (χ1n) is 7.44. The van der Waals surface area contributed by atoms with Gasteiger partial charge in [0.2, 0.25) is 0 Å². The average molecular weight is 277 g/mol. The number of carbonyl (C=O) groups excluding carboxylic acids is 1. The molecular weight excluding hydrogens is 250 g/mol. The molecule has 0 unspecified atom stereocenters. The molecule has 0 saturated carbocycles. The van der Waals surface area contributed by atoms with Crippen molar-refractivity contribution in [2.75, 3.05) is 31.5 Å². The van der Waals surface area contributed by atoms with E-state index in [0.29, 0.717) is 12.5 Å². The Kier molecular flexibility index (Phi) is 7.09. The van der Waals surface area contributed by atoms with Gasteiger partial charge in [-0.2, -0.15) is 0 Å². The molecule has 0 radical (unpaired) electrons. The van der Waals surface area contributed by atoms with Crippen molar-refractivity contribution >= 4 is 11.7 Å². The van der Waals surface area contributed by atoms with Crippen LogP contribution in [0.1, 0.15) is 39.2 Å². The van der Waals surface area contributed by atoms with Crippen LogP contribution in [-0.2, 0) is 0 Å². The number of amides is 2. The molecule has 0 heterocycles. The van der Waals surface area contributed by atoms with E-state index < -0.39 is 0 Å². The van der Waals surface area contributed by atoms with E-state index in [4.69, 9.17) is 0 Å². The highest BCUT2D eigenvalue weighted by Crippen LogP contribution is 2.18. The van der Waals surface area contributed by atoms with E-state index >= 15 is 0 Å². The first-order valence-corrected chi connectivity index (χ1v) is 7.44. The zero-order chi connectivity index (χ0) is 15.0. The Balaban J connectivity index is 2.40. The van der Waals surface area contributed by atoms with Crippen LogP contribution < -0.4 is 10.6 Å². The molecule has 0 atom stereocenters. The van der Waals surface area contributed by atoms with Gasteiger partial charge in [0.1, 0.15) is 0 Å². The summed E-state index contributed by atoms with van der Waals surface area (Å²) in [7, 11) is 0. The minimum absolute atomic E-state index is 0.141. The standard InChI is InChI=1S/C16H27N3O/c1-5-19(6-2)11-10-17-16(20)18-15-9-7-8-14(12-15)13(3)4/h7-9,12-13H,5-6,10-11H2,1-4H3,(H2,17,18,20). The number of carbonyl (C=O) groups is 1. The third kappa shape index (κ3) is 5.61. The number of benzene rings is 1. The number of nitrogens with zero attached hydrogens (tertiary/aromatic N) is 1. The first kappa shape index (κ1) is 16.5. The molecule has 4 heteroatoms. The van der Waals surface area contributed by atoms with Crippen molar-refractivity contribution < 1.29 is 4.79 Å². The molecule has 4 nitrogen and oxygen atoms in total. The van der Waals surface area contributed by atoms with Crippen LogP contribution in [0.3, 0.4) is 0 Å². The predicted octanol–water partition coefficient (Wildman–Crippen LogP) is 3.27. The lowest BCUT2D eigenvalue weighted by Gasteiger charge is -2.18. The van der Waals surface area contributed by atoms with Crippen LogP contribution in [0.25, 0.3) is 0 Å². The summed E-state index contributed by atoms with van der Waals surface area (Å²) in [5.41, 5.74) is 2.07. The SMILES string of the molecule is CCN(CC)CCNC(=O)Nc1cccc(C(C)C)c1. The summed E-state index contributed by atoms with van der Waals surface area (Å²) in [5, 5.41) is 5.77. The summed E-state index contributed by atoms with van der Waals surface area (Å²) in [6.45, 7) is 12.1. The summed E-state index contributed by atoms with van der Waals surface area (Å²) in [6, 6.07) is 7.84. The highest BCUT2D eigenvalue weighted by molar-refractivity contribution is 5.89. The Morgan fingerprint density at radius 2 is 1.95 bits per heavy atom. The van der Waals surface area contributed by atoms with Crippen LogP contribution in [0.4, 0.5) is 10.5 Å². The number of hydrogen-bond acceptors (Lipinski definition) is 2. The molecule has 0 saturated heterocycles. The maximum atomic E-state index is 11.8. The summed E-state index contributed by atoms with van der Waals surface area (Å²) in [5.74, 6) is 0.461. The van der Waals surface area contributed by atoms with E-state index in [1.165, 1.54) is 5.56 Å². The van der Waals surface area contributed by atoms with Crippen LogP contribution in [0.2, 0.25) is 0 Å². The molecule has 1 rings (SSSR count). The van der Waals surface area contributed by atoms with Crippen molar-refractivity contribution in [3.63, 3.8) is 0 Å². The van der Waals surface area contributed by atoms with E-state index in [-0.39, 0.29) is 6.03 Å². The van der Waals surface area contributed by atoms with Crippen molar-refractivity contribution in [3.8, 4) is 0 Å². The van der Waals surface area contributed by atoms with Gasteiger partial charge in [0, 0.05) is 18.8 Å². The number of likely N-dealkylation sites (N-methyl/N-ethyl adjacent to an activating group) is 1. The molecule has 0 spiro atoms. The third-order valence-electron chi connectivity index (χ3n) is 3.42. The van der Waals surface area contributed by atoms with Crippen LogP contribution in [0, 0.1) is 0 Å². The van der Waals surface area contributed by atoms with Gasteiger partial charge in [-0.25, -0.2) is 4.79 Å². The van der Waals surface area contributed by atoms with Crippen LogP contribution >= 0.6 is 0 Å². The van der Waals surface area contributed by atoms with Gasteiger partial charge in [-0.3, -0.25) is 0 Å². The highest BCUT2D eigenvalue weighted by atomic mass is 16.2. The number of anilines is 1. The quantitative estimate of drug-likeness (QED) is 0.803. The van der Waals surface area contributed by atoms with E-state index in [2.05, 4.69) is 49.3 Å². The van der Waals surface area contributed by atoms with Crippen molar-refractivity contribution in [2.24, 2.45) is 0 Å². The van der Waals surface area contributed by atoms with E-state index in [0.717, 1.165) is 25.3 Å². The summed E-state index contributed by atoms with van der Waals surface area (Å²) in [6.07, 6.45) is 0. The van der Waals surface area contributed by atoms with Crippen molar-refractivity contribution in [1.82, 2.24) is 10.2 Å². The van der Waals surface area contributed by atoms with Gasteiger partial charge in [0.05, 0.1) is 0 Å². The Bertz CT molecular complexity index is 414. The molecule has 2 amide bonds. The van der Waals surface area contributed by atoms with E-state index in [1.807, 2.05) is 18.2 Å². The third-order valence-corrected chi connectivity index (χ3v) is 3.42. The second kappa shape index (κ2) is 8.59. The molecule has 0 bridgehead atoms. The average Bonchev–Trinajstić information content (AvgIpc) is 2.44. The Morgan fingerprint density at radius 1 is 1.25 bits per heavy atom. The van der Waals surface area contributed by atoms with Gasteiger partial charge < -0.3 is 15.5 Å². The van der Waals surface area contributed by atoms with Gasteiger partial charge in [0.25, 0.3) is 0 Å². The van der Waals surface area contributed by atoms with Crippen molar-refractivity contribution in [2.45, 2.75) is 33.6 Å². The molecule has 0 fully saturated rings. The fourth-order valence-electron chi connectivity index (χ4n) is 2.02. The number of hydrogen-bond donors (Lipinski definition) is 2. The fraction of sp³-hybridized carbons (Fsp3) is 0.562.